The van der Waals surface area contributed by atoms with Crippen molar-refractivity contribution in [2.45, 2.75) is 26.3 Å². The summed E-state index contributed by atoms with van der Waals surface area (Å²) in [6.45, 7) is 2.06. The van der Waals surface area contributed by atoms with Crippen molar-refractivity contribution in [3.8, 4) is 0 Å². The third-order valence-electron chi connectivity index (χ3n) is 2.27. The van der Waals surface area contributed by atoms with E-state index < -0.39 is 12.4 Å². The highest BCUT2D eigenvalue weighted by atomic mass is 127. The van der Waals surface area contributed by atoms with Gasteiger partial charge in [0.2, 0.25) is 0 Å². The molecule has 4 nitrogen and oxygen atoms in total. The Hall–Kier alpha value is -0.830. The van der Waals surface area contributed by atoms with Gasteiger partial charge in [-0.25, -0.2) is 8.78 Å². The Bertz CT molecular complexity index is 441. The van der Waals surface area contributed by atoms with Crippen LogP contribution in [0.25, 0.3) is 0 Å². The molecule has 0 aromatic carbocycles. The SMILES string of the molecule is CCOC(=O)Cc1c(C(F)F)ncc(CN)c1I. The lowest BCUT2D eigenvalue weighted by Crippen LogP contribution is -2.14. The van der Waals surface area contributed by atoms with E-state index in [1.807, 2.05) is 22.6 Å². The summed E-state index contributed by atoms with van der Waals surface area (Å²) < 4.78 is 31.0. The molecule has 0 unspecified atom stereocenters. The molecule has 100 valence electrons. The number of carbonyl (C=O) groups excluding carboxylic acids is 1. The van der Waals surface area contributed by atoms with Crippen LogP contribution in [0.4, 0.5) is 8.78 Å². The number of nitrogens with zero attached hydrogens (tertiary/aromatic N) is 1. The number of halogens is 3. The minimum absolute atomic E-state index is 0.185. The van der Waals surface area contributed by atoms with Crippen LogP contribution in [0.1, 0.15) is 30.2 Å². The van der Waals surface area contributed by atoms with Gasteiger partial charge in [-0.3, -0.25) is 9.78 Å². The van der Waals surface area contributed by atoms with Crippen LogP contribution >= 0.6 is 22.6 Å². The molecule has 1 heterocycles. The predicted octanol–water partition coefficient (Wildman–Crippen LogP) is 2.19. The van der Waals surface area contributed by atoms with E-state index in [1.54, 1.807) is 6.92 Å². The highest BCUT2D eigenvalue weighted by Gasteiger charge is 2.21. The summed E-state index contributed by atoms with van der Waals surface area (Å²) in [6, 6.07) is 0. The Balaban J connectivity index is 3.15. The average Bonchev–Trinajstić information content (AvgIpc) is 2.31. The fraction of sp³-hybridized carbons (Fsp3) is 0.455. The normalized spacial score (nSPS) is 10.8. The molecule has 0 spiro atoms. The average molecular weight is 370 g/mol. The number of ether oxygens (including phenoxy) is 1. The van der Waals surface area contributed by atoms with E-state index in [-0.39, 0.29) is 30.8 Å². The van der Waals surface area contributed by atoms with Crippen LogP contribution in [0.15, 0.2) is 6.20 Å². The predicted molar refractivity (Wildman–Crippen MR) is 70.1 cm³/mol. The van der Waals surface area contributed by atoms with Crippen LogP contribution in [0.3, 0.4) is 0 Å². The maximum Gasteiger partial charge on any atom is 0.310 e. The first-order chi connectivity index (χ1) is 8.51. The molecule has 0 atom stereocenters. The maximum atomic E-state index is 12.8. The molecule has 0 saturated carbocycles. The highest BCUT2D eigenvalue weighted by Crippen LogP contribution is 2.27. The van der Waals surface area contributed by atoms with Gasteiger partial charge in [-0.15, -0.1) is 0 Å². The van der Waals surface area contributed by atoms with Gasteiger partial charge in [-0.2, -0.15) is 0 Å². The van der Waals surface area contributed by atoms with E-state index in [1.165, 1.54) is 6.20 Å². The highest BCUT2D eigenvalue weighted by molar-refractivity contribution is 14.1. The van der Waals surface area contributed by atoms with Gasteiger partial charge >= 0.3 is 5.97 Å². The number of esters is 1. The molecule has 0 fully saturated rings. The van der Waals surface area contributed by atoms with Gasteiger partial charge in [0, 0.05) is 21.9 Å². The van der Waals surface area contributed by atoms with Crippen LogP contribution in [0.5, 0.6) is 0 Å². The van der Waals surface area contributed by atoms with E-state index >= 15 is 0 Å². The van der Waals surface area contributed by atoms with Crippen LogP contribution < -0.4 is 5.73 Å². The Kier molecular flexibility index (Phi) is 5.86. The van der Waals surface area contributed by atoms with E-state index in [9.17, 15) is 13.6 Å². The molecule has 0 aliphatic carbocycles. The van der Waals surface area contributed by atoms with Crippen LogP contribution in [0, 0.1) is 3.57 Å². The van der Waals surface area contributed by atoms with Crippen molar-refractivity contribution in [1.82, 2.24) is 4.98 Å². The monoisotopic (exact) mass is 370 g/mol. The summed E-state index contributed by atoms with van der Waals surface area (Å²) in [4.78, 5) is 15.1. The van der Waals surface area contributed by atoms with Crippen LogP contribution in [-0.2, 0) is 22.5 Å². The lowest BCUT2D eigenvalue weighted by atomic mass is 10.1. The van der Waals surface area contributed by atoms with Crippen molar-refractivity contribution >= 4 is 28.6 Å². The van der Waals surface area contributed by atoms with E-state index in [4.69, 9.17) is 10.5 Å². The Morgan fingerprint density at radius 3 is 2.78 bits per heavy atom. The number of hydrogen-bond donors (Lipinski definition) is 1. The minimum Gasteiger partial charge on any atom is -0.466 e. The Morgan fingerprint density at radius 2 is 2.28 bits per heavy atom. The molecule has 0 radical (unpaired) electrons. The largest absolute Gasteiger partial charge is 0.466 e. The van der Waals surface area contributed by atoms with Crippen molar-refractivity contribution in [2.24, 2.45) is 5.73 Å². The summed E-state index contributed by atoms with van der Waals surface area (Å²) in [5, 5.41) is 0. The van der Waals surface area contributed by atoms with Gasteiger partial charge in [0.25, 0.3) is 6.43 Å². The Morgan fingerprint density at radius 1 is 1.61 bits per heavy atom. The third-order valence-corrected chi connectivity index (χ3v) is 3.61. The van der Waals surface area contributed by atoms with Gasteiger partial charge in [0.15, 0.2) is 0 Å². The summed E-state index contributed by atoms with van der Waals surface area (Å²) in [6.07, 6.45) is -1.63. The number of carbonyl (C=O) groups is 1. The third kappa shape index (κ3) is 3.58. The number of aromatic nitrogens is 1. The lowest BCUT2D eigenvalue weighted by Gasteiger charge is -2.12. The standard InChI is InChI=1S/C11H13F2IN2O2/c1-2-18-8(17)3-7-9(14)6(4-15)5-16-10(7)11(12)13/h5,11H,2-4,15H2,1H3. The van der Waals surface area contributed by atoms with Crippen molar-refractivity contribution in [1.29, 1.82) is 0 Å². The molecule has 1 aromatic rings. The first-order valence-electron chi connectivity index (χ1n) is 5.31. The molecule has 2 N–H and O–H groups in total. The van der Waals surface area contributed by atoms with Crippen LogP contribution in [0.2, 0.25) is 0 Å². The Labute approximate surface area is 117 Å². The lowest BCUT2D eigenvalue weighted by molar-refractivity contribution is -0.142. The summed E-state index contributed by atoms with van der Waals surface area (Å²) in [7, 11) is 0. The summed E-state index contributed by atoms with van der Waals surface area (Å²) >= 11 is 1.90. The molecule has 7 heteroatoms. The fourth-order valence-corrected chi connectivity index (χ4v) is 2.27. The number of hydrogen-bond acceptors (Lipinski definition) is 4. The van der Waals surface area contributed by atoms with E-state index in [0.717, 1.165) is 0 Å². The number of nitrogens with two attached hydrogens (primary N) is 1. The molecule has 0 amide bonds. The zero-order valence-electron chi connectivity index (χ0n) is 9.75. The molecule has 0 aliphatic rings. The molecular formula is C11H13F2IN2O2. The van der Waals surface area contributed by atoms with Gasteiger partial charge in [-0.05, 0) is 35.1 Å². The van der Waals surface area contributed by atoms with Gasteiger partial charge in [0.05, 0.1) is 13.0 Å². The molecule has 0 aliphatic heterocycles. The zero-order valence-corrected chi connectivity index (χ0v) is 11.9. The topological polar surface area (TPSA) is 65.2 Å². The fourth-order valence-electron chi connectivity index (χ4n) is 1.44. The van der Waals surface area contributed by atoms with Crippen LogP contribution in [-0.4, -0.2) is 17.6 Å². The minimum atomic E-state index is -2.73. The first kappa shape index (κ1) is 15.2. The van der Waals surface area contributed by atoms with Gasteiger partial charge < -0.3 is 10.5 Å². The second-order valence-corrected chi connectivity index (χ2v) is 4.53. The second kappa shape index (κ2) is 6.93. The van der Waals surface area contributed by atoms with E-state index in [2.05, 4.69) is 4.98 Å². The van der Waals surface area contributed by atoms with Gasteiger partial charge in [0.1, 0.15) is 5.69 Å². The summed E-state index contributed by atoms with van der Waals surface area (Å²) in [5.74, 6) is -0.548. The summed E-state index contributed by atoms with van der Waals surface area (Å²) in [5.41, 5.74) is 5.94. The molecule has 18 heavy (non-hydrogen) atoms. The number of pyridine rings is 1. The molecule has 0 bridgehead atoms. The second-order valence-electron chi connectivity index (χ2n) is 3.45. The number of alkyl halides is 2. The quantitative estimate of drug-likeness (QED) is 0.638. The zero-order chi connectivity index (χ0) is 13.7. The smallest absolute Gasteiger partial charge is 0.310 e. The number of rotatable bonds is 5. The maximum absolute atomic E-state index is 12.8. The molecule has 1 aromatic heterocycles. The van der Waals surface area contributed by atoms with Crippen molar-refractivity contribution in [2.75, 3.05) is 6.61 Å². The van der Waals surface area contributed by atoms with E-state index in [0.29, 0.717) is 9.13 Å². The molecule has 1 rings (SSSR count). The molecular weight excluding hydrogens is 357 g/mol. The van der Waals surface area contributed by atoms with Crippen molar-refractivity contribution in [3.05, 3.63) is 26.6 Å². The first-order valence-corrected chi connectivity index (χ1v) is 6.39. The van der Waals surface area contributed by atoms with Gasteiger partial charge in [-0.1, -0.05) is 0 Å². The van der Waals surface area contributed by atoms with Crippen molar-refractivity contribution < 1.29 is 18.3 Å². The van der Waals surface area contributed by atoms with Crippen molar-refractivity contribution in [3.63, 3.8) is 0 Å². The molecule has 0 saturated heterocycles.